The van der Waals surface area contributed by atoms with Crippen LogP contribution in [0.2, 0.25) is 0 Å². The smallest absolute Gasteiger partial charge is 0.349 e. The summed E-state index contributed by atoms with van der Waals surface area (Å²) in [6, 6.07) is 7.07. The predicted molar refractivity (Wildman–Crippen MR) is 74.0 cm³/mol. The lowest BCUT2D eigenvalue weighted by Gasteiger charge is -2.09. The van der Waals surface area contributed by atoms with Gasteiger partial charge in [-0.15, -0.1) is 0 Å². The van der Waals surface area contributed by atoms with Crippen LogP contribution in [0.3, 0.4) is 0 Å². The standard InChI is InChI=1S/C13H13N5O2/c1-7-3-4-10(9(14)5-7)20-12-6-11-16-17-13(19)18(11)8(2)15-12/h3-6H,14H2,1-2H3,(H,17,19). The average molecular weight is 271 g/mol. The molecule has 7 heteroatoms. The highest BCUT2D eigenvalue weighted by atomic mass is 16.5. The Morgan fingerprint density at radius 2 is 2.10 bits per heavy atom. The van der Waals surface area contributed by atoms with Crippen molar-refractivity contribution in [2.45, 2.75) is 13.8 Å². The molecule has 0 aliphatic rings. The normalized spacial score (nSPS) is 10.9. The first kappa shape index (κ1) is 12.2. The van der Waals surface area contributed by atoms with Crippen LogP contribution in [0.5, 0.6) is 11.6 Å². The summed E-state index contributed by atoms with van der Waals surface area (Å²) in [7, 11) is 0. The molecule has 0 fully saturated rings. The molecule has 0 saturated carbocycles. The second-order valence-electron chi connectivity index (χ2n) is 4.51. The Labute approximate surface area is 114 Å². The van der Waals surface area contributed by atoms with Crippen molar-refractivity contribution in [1.82, 2.24) is 19.6 Å². The maximum Gasteiger partial charge on any atom is 0.349 e. The highest BCUT2D eigenvalue weighted by Gasteiger charge is 2.09. The fourth-order valence-corrected chi connectivity index (χ4v) is 2.00. The number of anilines is 1. The van der Waals surface area contributed by atoms with Crippen molar-refractivity contribution in [3.8, 4) is 11.6 Å². The molecule has 0 aliphatic heterocycles. The molecule has 7 nitrogen and oxygen atoms in total. The van der Waals surface area contributed by atoms with E-state index in [2.05, 4.69) is 15.2 Å². The van der Waals surface area contributed by atoms with E-state index in [1.807, 2.05) is 19.1 Å². The van der Waals surface area contributed by atoms with Gasteiger partial charge in [-0.3, -0.25) is 0 Å². The average Bonchev–Trinajstić information content (AvgIpc) is 2.75. The van der Waals surface area contributed by atoms with Crippen LogP contribution >= 0.6 is 0 Å². The Balaban J connectivity index is 2.04. The number of benzene rings is 1. The van der Waals surface area contributed by atoms with Gasteiger partial charge in [-0.25, -0.2) is 14.3 Å². The molecule has 0 saturated heterocycles. The Hall–Kier alpha value is -2.83. The Kier molecular flexibility index (Phi) is 2.67. The summed E-state index contributed by atoms with van der Waals surface area (Å²) in [6.07, 6.45) is 0. The first-order chi connectivity index (χ1) is 9.54. The number of hydrogen-bond donors (Lipinski definition) is 2. The summed E-state index contributed by atoms with van der Waals surface area (Å²) in [5.74, 6) is 1.34. The monoisotopic (exact) mass is 271 g/mol. The largest absolute Gasteiger partial charge is 0.437 e. The lowest BCUT2D eigenvalue weighted by molar-refractivity contribution is 0.462. The van der Waals surface area contributed by atoms with Gasteiger partial charge < -0.3 is 10.5 Å². The highest BCUT2D eigenvalue weighted by Crippen LogP contribution is 2.27. The SMILES string of the molecule is Cc1ccc(Oc2cc3n[nH]c(=O)n3c(C)n2)c(N)c1. The highest BCUT2D eigenvalue weighted by molar-refractivity contribution is 5.55. The molecule has 0 spiro atoms. The number of aryl methyl sites for hydroxylation is 2. The molecule has 0 radical (unpaired) electrons. The molecule has 3 N–H and O–H groups in total. The van der Waals surface area contributed by atoms with E-state index in [0.29, 0.717) is 28.8 Å². The maximum absolute atomic E-state index is 11.5. The number of fused-ring (bicyclic) bond motifs is 1. The van der Waals surface area contributed by atoms with Gasteiger partial charge in [-0.1, -0.05) is 6.07 Å². The number of H-pyrrole nitrogens is 1. The molecule has 0 atom stereocenters. The third-order valence-corrected chi connectivity index (χ3v) is 2.93. The Morgan fingerprint density at radius 3 is 2.85 bits per heavy atom. The van der Waals surface area contributed by atoms with Crippen LogP contribution in [-0.2, 0) is 0 Å². The summed E-state index contributed by atoms with van der Waals surface area (Å²) in [5, 5.41) is 6.26. The number of nitrogen functional groups attached to an aromatic ring is 1. The molecule has 2 aromatic heterocycles. The fraction of sp³-hybridized carbons (Fsp3) is 0.154. The summed E-state index contributed by atoms with van der Waals surface area (Å²) in [5.41, 5.74) is 7.59. The summed E-state index contributed by atoms with van der Waals surface area (Å²) in [4.78, 5) is 15.7. The van der Waals surface area contributed by atoms with E-state index < -0.39 is 0 Å². The van der Waals surface area contributed by atoms with Crippen molar-refractivity contribution in [3.63, 3.8) is 0 Å². The van der Waals surface area contributed by atoms with Crippen LogP contribution in [0.25, 0.3) is 5.65 Å². The van der Waals surface area contributed by atoms with Crippen molar-refractivity contribution in [1.29, 1.82) is 0 Å². The van der Waals surface area contributed by atoms with Gasteiger partial charge in [0, 0.05) is 6.07 Å². The predicted octanol–water partition coefficient (Wildman–Crippen LogP) is 1.41. The van der Waals surface area contributed by atoms with Gasteiger partial charge in [0.05, 0.1) is 5.69 Å². The summed E-state index contributed by atoms with van der Waals surface area (Å²) in [6.45, 7) is 3.65. The first-order valence-electron chi connectivity index (χ1n) is 6.03. The van der Waals surface area contributed by atoms with Crippen LogP contribution in [0.15, 0.2) is 29.1 Å². The van der Waals surface area contributed by atoms with E-state index in [1.54, 1.807) is 19.1 Å². The molecule has 1 aromatic carbocycles. The zero-order valence-corrected chi connectivity index (χ0v) is 11.0. The number of aromatic nitrogens is 4. The molecule has 3 aromatic rings. The van der Waals surface area contributed by atoms with Gasteiger partial charge in [0.25, 0.3) is 0 Å². The molecule has 20 heavy (non-hydrogen) atoms. The number of aromatic amines is 1. The van der Waals surface area contributed by atoms with Gasteiger partial charge >= 0.3 is 5.69 Å². The lowest BCUT2D eigenvalue weighted by atomic mass is 10.2. The minimum Gasteiger partial charge on any atom is -0.437 e. The van der Waals surface area contributed by atoms with E-state index in [1.165, 1.54) is 4.40 Å². The minimum absolute atomic E-state index is 0.327. The Morgan fingerprint density at radius 1 is 1.30 bits per heavy atom. The lowest BCUT2D eigenvalue weighted by Crippen LogP contribution is -2.13. The second-order valence-corrected chi connectivity index (χ2v) is 4.51. The number of rotatable bonds is 2. The zero-order valence-electron chi connectivity index (χ0n) is 11.0. The molecular formula is C13H13N5O2. The van der Waals surface area contributed by atoms with Crippen LogP contribution < -0.4 is 16.2 Å². The molecule has 0 bridgehead atoms. The van der Waals surface area contributed by atoms with E-state index in [4.69, 9.17) is 10.5 Å². The van der Waals surface area contributed by atoms with Crippen LogP contribution in [0, 0.1) is 13.8 Å². The molecule has 102 valence electrons. The van der Waals surface area contributed by atoms with Crippen molar-refractivity contribution in [2.75, 3.05) is 5.73 Å². The van der Waals surface area contributed by atoms with Crippen LogP contribution in [-0.4, -0.2) is 19.6 Å². The third-order valence-electron chi connectivity index (χ3n) is 2.93. The zero-order chi connectivity index (χ0) is 14.3. The number of ether oxygens (including phenoxy) is 1. The van der Waals surface area contributed by atoms with Gasteiger partial charge in [0.1, 0.15) is 5.82 Å². The molecule has 0 unspecified atom stereocenters. The number of nitrogens with two attached hydrogens (primary N) is 1. The molecular weight excluding hydrogens is 258 g/mol. The molecule has 0 amide bonds. The Bertz CT molecular complexity index is 850. The minimum atomic E-state index is -0.327. The fourth-order valence-electron chi connectivity index (χ4n) is 2.00. The summed E-state index contributed by atoms with van der Waals surface area (Å²) < 4.78 is 7.02. The topological polar surface area (TPSA) is 98.3 Å². The second kappa shape index (κ2) is 4.37. The van der Waals surface area contributed by atoms with E-state index >= 15 is 0 Å². The molecule has 2 heterocycles. The molecule has 3 rings (SSSR count). The summed E-state index contributed by atoms with van der Waals surface area (Å²) >= 11 is 0. The molecule has 0 aliphatic carbocycles. The number of hydrogen-bond acceptors (Lipinski definition) is 5. The number of nitrogens with zero attached hydrogens (tertiary/aromatic N) is 3. The van der Waals surface area contributed by atoms with Gasteiger partial charge in [-0.05, 0) is 31.5 Å². The number of nitrogens with one attached hydrogen (secondary N) is 1. The van der Waals surface area contributed by atoms with E-state index in [0.717, 1.165) is 5.56 Å². The van der Waals surface area contributed by atoms with E-state index in [-0.39, 0.29) is 5.69 Å². The van der Waals surface area contributed by atoms with Crippen molar-refractivity contribution < 1.29 is 4.74 Å². The van der Waals surface area contributed by atoms with Gasteiger partial charge in [0.2, 0.25) is 5.88 Å². The first-order valence-corrected chi connectivity index (χ1v) is 6.03. The third kappa shape index (κ3) is 1.99. The van der Waals surface area contributed by atoms with Crippen molar-refractivity contribution in [2.24, 2.45) is 0 Å². The van der Waals surface area contributed by atoms with Crippen molar-refractivity contribution in [3.05, 3.63) is 46.1 Å². The van der Waals surface area contributed by atoms with Crippen LogP contribution in [0.1, 0.15) is 11.4 Å². The maximum atomic E-state index is 11.5. The van der Waals surface area contributed by atoms with Crippen molar-refractivity contribution >= 4 is 11.3 Å². The van der Waals surface area contributed by atoms with Gasteiger partial charge in [-0.2, -0.15) is 10.1 Å². The van der Waals surface area contributed by atoms with Gasteiger partial charge in [0.15, 0.2) is 11.4 Å². The quantitative estimate of drug-likeness (QED) is 0.687. The van der Waals surface area contributed by atoms with Crippen LogP contribution in [0.4, 0.5) is 5.69 Å². The van der Waals surface area contributed by atoms with E-state index in [9.17, 15) is 4.79 Å².